The fraction of sp³-hybridized carbons (Fsp3) is 0.250. The lowest BCUT2D eigenvalue weighted by molar-refractivity contribution is -0.384. The summed E-state index contributed by atoms with van der Waals surface area (Å²) in [5, 5.41) is 15.7. The number of halogens is 1. The topological polar surface area (TPSA) is 61.0 Å². The Balaban J connectivity index is 2.25. The Morgan fingerprint density at radius 3 is 3.00 bits per heavy atom. The van der Waals surface area contributed by atoms with Crippen LogP contribution in [0.1, 0.15) is 17.7 Å². The van der Waals surface area contributed by atoms with Gasteiger partial charge in [-0.25, -0.2) is 4.68 Å². The molecule has 1 aromatic carbocycles. The van der Waals surface area contributed by atoms with Gasteiger partial charge in [-0.15, -0.1) is 0 Å². The van der Waals surface area contributed by atoms with E-state index in [1.165, 1.54) is 6.07 Å². The molecular weight excluding hydrogens is 254 g/mol. The molecule has 5 nitrogen and oxygen atoms in total. The summed E-state index contributed by atoms with van der Waals surface area (Å²) >= 11 is 6.10. The van der Waals surface area contributed by atoms with Crippen LogP contribution in [-0.2, 0) is 12.8 Å². The first-order chi connectivity index (χ1) is 8.68. The van der Waals surface area contributed by atoms with Crippen LogP contribution in [0.25, 0.3) is 5.69 Å². The molecule has 0 bridgehead atoms. The molecule has 0 N–H and O–H groups in total. The standard InChI is InChI=1S/C12H10ClN3O2/c13-9-4-2-6-11(16(17)18)12(9)15-10-5-1-3-8(10)7-14-15/h2,4,6-7H,1,3,5H2. The number of aromatic nitrogens is 2. The lowest BCUT2D eigenvalue weighted by atomic mass is 10.2. The molecular formula is C12H10ClN3O2. The Kier molecular flexibility index (Phi) is 2.56. The molecule has 0 saturated heterocycles. The van der Waals surface area contributed by atoms with Crippen molar-refractivity contribution < 1.29 is 4.92 Å². The van der Waals surface area contributed by atoms with E-state index < -0.39 is 4.92 Å². The van der Waals surface area contributed by atoms with Crippen molar-refractivity contribution in [2.45, 2.75) is 19.3 Å². The third kappa shape index (κ3) is 1.59. The highest BCUT2D eigenvalue weighted by Gasteiger charge is 2.24. The van der Waals surface area contributed by atoms with Gasteiger partial charge in [0.15, 0.2) is 5.69 Å². The summed E-state index contributed by atoms with van der Waals surface area (Å²) in [6, 6.07) is 4.67. The van der Waals surface area contributed by atoms with Crippen LogP contribution >= 0.6 is 11.6 Å². The number of hydrogen-bond acceptors (Lipinski definition) is 3. The maximum atomic E-state index is 11.1. The molecule has 1 heterocycles. The molecule has 0 radical (unpaired) electrons. The third-order valence-electron chi connectivity index (χ3n) is 3.19. The number of rotatable bonds is 2. The summed E-state index contributed by atoms with van der Waals surface area (Å²) in [5.74, 6) is 0. The minimum absolute atomic E-state index is 0.0136. The highest BCUT2D eigenvalue weighted by molar-refractivity contribution is 6.32. The van der Waals surface area contributed by atoms with Gasteiger partial charge in [-0.2, -0.15) is 5.10 Å². The fourth-order valence-electron chi connectivity index (χ4n) is 2.38. The average molecular weight is 264 g/mol. The van der Waals surface area contributed by atoms with Crippen LogP contribution in [0.2, 0.25) is 5.02 Å². The van der Waals surface area contributed by atoms with Gasteiger partial charge >= 0.3 is 0 Å². The molecule has 0 aliphatic heterocycles. The number of para-hydroxylation sites is 1. The SMILES string of the molecule is O=[N+]([O-])c1cccc(Cl)c1-n1ncc2c1CCC2. The molecule has 0 fully saturated rings. The van der Waals surface area contributed by atoms with Crippen molar-refractivity contribution in [3.05, 3.63) is 50.8 Å². The maximum Gasteiger partial charge on any atom is 0.296 e. The Bertz CT molecular complexity index is 636. The molecule has 0 spiro atoms. The lowest BCUT2D eigenvalue weighted by Crippen LogP contribution is -2.05. The molecule has 0 saturated carbocycles. The van der Waals surface area contributed by atoms with E-state index >= 15 is 0 Å². The smallest absolute Gasteiger partial charge is 0.258 e. The van der Waals surface area contributed by atoms with Crippen LogP contribution in [0, 0.1) is 10.1 Å². The number of hydrogen-bond donors (Lipinski definition) is 0. The second-order valence-electron chi connectivity index (χ2n) is 4.25. The van der Waals surface area contributed by atoms with E-state index in [2.05, 4.69) is 5.10 Å². The van der Waals surface area contributed by atoms with Gasteiger partial charge in [-0.1, -0.05) is 17.7 Å². The molecule has 0 atom stereocenters. The van der Waals surface area contributed by atoms with Gasteiger partial charge < -0.3 is 0 Å². The zero-order valence-corrected chi connectivity index (χ0v) is 10.2. The number of nitro benzene ring substituents is 1. The Morgan fingerprint density at radius 2 is 2.22 bits per heavy atom. The van der Waals surface area contributed by atoms with Crippen molar-refractivity contribution in [1.82, 2.24) is 9.78 Å². The summed E-state index contributed by atoms with van der Waals surface area (Å²) in [4.78, 5) is 10.6. The molecule has 3 rings (SSSR count). The van der Waals surface area contributed by atoms with Gasteiger partial charge in [-0.3, -0.25) is 10.1 Å². The summed E-state index contributed by atoms with van der Waals surface area (Å²) < 4.78 is 1.61. The van der Waals surface area contributed by atoms with Crippen LogP contribution < -0.4 is 0 Å². The summed E-state index contributed by atoms with van der Waals surface area (Å²) in [5.41, 5.74) is 2.54. The molecule has 2 aromatic rings. The van der Waals surface area contributed by atoms with Crippen molar-refractivity contribution in [2.24, 2.45) is 0 Å². The van der Waals surface area contributed by atoms with Crippen LogP contribution in [-0.4, -0.2) is 14.7 Å². The average Bonchev–Trinajstić information content (AvgIpc) is 2.91. The molecule has 1 aliphatic rings. The number of fused-ring (bicyclic) bond motifs is 1. The summed E-state index contributed by atoms with van der Waals surface area (Å²) in [6.07, 6.45) is 4.70. The minimum atomic E-state index is -0.426. The van der Waals surface area contributed by atoms with E-state index in [0.717, 1.165) is 30.5 Å². The largest absolute Gasteiger partial charge is 0.296 e. The van der Waals surface area contributed by atoms with Gasteiger partial charge in [0.25, 0.3) is 5.69 Å². The zero-order chi connectivity index (χ0) is 12.7. The molecule has 6 heteroatoms. The van der Waals surface area contributed by atoms with Crippen molar-refractivity contribution >= 4 is 17.3 Å². The molecule has 1 aromatic heterocycles. The van der Waals surface area contributed by atoms with Crippen LogP contribution in [0.5, 0.6) is 0 Å². The van der Waals surface area contributed by atoms with Gasteiger partial charge in [0.1, 0.15) is 0 Å². The second-order valence-corrected chi connectivity index (χ2v) is 4.65. The van der Waals surface area contributed by atoms with Gasteiger partial charge in [0.05, 0.1) is 16.1 Å². The second kappa shape index (κ2) is 4.10. The first-order valence-corrected chi connectivity index (χ1v) is 6.05. The molecule has 0 unspecified atom stereocenters. The summed E-state index contributed by atoms with van der Waals surface area (Å²) in [6.45, 7) is 0. The number of nitrogens with zero attached hydrogens (tertiary/aromatic N) is 3. The van der Waals surface area contributed by atoms with E-state index in [1.807, 2.05) is 0 Å². The molecule has 92 valence electrons. The van der Waals surface area contributed by atoms with Crippen molar-refractivity contribution in [3.63, 3.8) is 0 Å². The predicted octanol–water partition coefficient (Wildman–Crippen LogP) is 2.92. The van der Waals surface area contributed by atoms with E-state index in [1.54, 1.807) is 23.0 Å². The predicted molar refractivity (Wildman–Crippen MR) is 67.3 cm³/mol. The first kappa shape index (κ1) is 11.2. The summed E-state index contributed by atoms with van der Waals surface area (Å²) in [7, 11) is 0. The van der Waals surface area contributed by atoms with Gasteiger partial charge in [0.2, 0.25) is 0 Å². The van der Waals surface area contributed by atoms with Crippen molar-refractivity contribution in [3.8, 4) is 5.69 Å². The van der Waals surface area contributed by atoms with Crippen molar-refractivity contribution in [1.29, 1.82) is 0 Å². The highest BCUT2D eigenvalue weighted by atomic mass is 35.5. The minimum Gasteiger partial charge on any atom is -0.258 e. The van der Waals surface area contributed by atoms with Gasteiger partial charge in [-0.05, 0) is 30.9 Å². The normalized spacial score (nSPS) is 13.6. The monoisotopic (exact) mass is 263 g/mol. The molecule has 18 heavy (non-hydrogen) atoms. The van der Waals surface area contributed by atoms with Gasteiger partial charge in [0, 0.05) is 11.8 Å². The first-order valence-electron chi connectivity index (χ1n) is 5.67. The Morgan fingerprint density at radius 1 is 1.39 bits per heavy atom. The van der Waals surface area contributed by atoms with Crippen LogP contribution in [0.15, 0.2) is 24.4 Å². The molecule has 0 amide bonds. The van der Waals surface area contributed by atoms with E-state index in [4.69, 9.17) is 11.6 Å². The van der Waals surface area contributed by atoms with E-state index in [0.29, 0.717) is 10.7 Å². The van der Waals surface area contributed by atoms with Crippen molar-refractivity contribution in [2.75, 3.05) is 0 Å². The lowest BCUT2D eigenvalue weighted by Gasteiger charge is -2.08. The van der Waals surface area contributed by atoms with Crippen LogP contribution in [0.3, 0.4) is 0 Å². The number of benzene rings is 1. The highest BCUT2D eigenvalue weighted by Crippen LogP contribution is 2.33. The zero-order valence-electron chi connectivity index (χ0n) is 9.47. The number of aryl methyl sites for hydroxylation is 1. The molecule has 1 aliphatic carbocycles. The fourth-order valence-corrected chi connectivity index (χ4v) is 2.63. The quantitative estimate of drug-likeness (QED) is 0.618. The Hall–Kier alpha value is -1.88. The van der Waals surface area contributed by atoms with E-state index in [-0.39, 0.29) is 5.69 Å². The third-order valence-corrected chi connectivity index (χ3v) is 3.49. The van der Waals surface area contributed by atoms with Crippen LogP contribution in [0.4, 0.5) is 5.69 Å². The Labute approximate surface area is 108 Å². The van der Waals surface area contributed by atoms with E-state index in [9.17, 15) is 10.1 Å². The number of nitro groups is 1. The maximum absolute atomic E-state index is 11.1.